The molecule has 0 aliphatic rings. The van der Waals surface area contributed by atoms with Gasteiger partial charge in [0.15, 0.2) is 0 Å². The van der Waals surface area contributed by atoms with Crippen LogP contribution in [0.1, 0.15) is 17.2 Å². The number of sulfonamides is 1. The third-order valence-electron chi connectivity index (χ3n) is 2.93. The lowest BCUT2D eigenvalue weighted by atomic mass is 10.1. The predicted octanol–water partition coefficient (Wildman–Crippen LogP) is 2.67. The SMILES string of the molecule is N#Cc1cncc(S(=O)(=O)NC(c2cccc(F)c2)C(F)(F)F)c1. The van der Waals surface area contributed by atoms with Crippen LogP contribution in [-0.2, 0) is 10.0 Å². The van der Waals surface area contributed by atoms with Crippen LogP contribution >= 0.6 is 0 Å². The third-order valence-corrected chi connectivity index (χ3v) is 4.32. The molecule has 1 atom stereocenters. The van der Waals surface area contributed by atoms with E-state index in [1.165, 1.54) is 4.72 Å². The molecule has 1 aromatic heterocycles. The van der Waals surface area contributed by atoms with Gasteiger partial charge >= 0.3 is 6.18 Å². The third kappa shape index (κ3) is 4.06. The van der Waals surface area contributed by atoms with Crippen molar-refractivity contribution in [2.45, 2.75) is 17.1 Å². The van der Waals surface area contributed by atoms with Crippen LogP contribution in [0.5, 0.6) is 0 Å². The molecule has 0 bridgehead atoms. The van der Waals surface area contributed by atoms with Crippen molar-refractivity contribution >= 4 is 10.0 Å². The highest BCUT2D eigenvalue weighted by Gasteiger charge is 2.43. The van der Waals surface area contributed by atoms with Crippen molar-refractivity contribution in [1.29, 1.82) is 5.26 Å². The molecule has 0 fully saturated rings. The average Bonchev–Trinajstić information content (AvgIpc) is 2.51. The quantitative estimate of drug-likeness (QED) is 0.851. The molecule has 0 amide bonds. The van der Waals surface area contributed by atoms with Gasteiger partial charge in [0.2, 0.25) is 10.0 Å². The molecule has 2 aromatic rings. The zero-order chi connectivity index (χ0) is 18.0. The molecule has 0 saturated carbocycles. The summed E-state index contributed by atoms with van der Waals surface area (Å²) in [6, 6.07) is 3.38. The number of alkyl halides is 3. The fraction of sp³-hybridized carbons (Fsp3) is 0.143. The first-order chi connectivity index (χ1) is 11.1. The molecule has 0 saturated heterocycles. The summed E-state index contributed by atoms with van der Waals surface area (Å²) in [7, 11) is -4.64. The van der Waals surface area contributed by atoms with E-state index in [0.29, 0.717) is 6.07 Å². The molecule has 0 aliphatic heterocycles. The topological polar surface area (TPSA) is 82.8 Å². The largest absolute Gasteiger partial charge is 0.408 e. The summed E-state index contributed by atoms with van der Waals surface area (Å²) in [4.78, 5) is 2.89. The summed E-state index contributed by atoms with van der Waals surface area (Å²) >= 11 is 0. The monoisotopic (exact) mass is 359 g/mol. The number of aromatic nitrogens is 1. The van der Waals surface area contributed by atoms with E-state index in [2.05, 4.69) is 4.98 Å². The number of nitrogens with one attached hydrogen (secondary N) is 1. The molecule has 1 unspecified atom stereocenters. The van der Waals surface area contributed by atoms with Gasteiger partial charge in [-0.1, -0.05) is 12.1 Å². The van der Waals surface area contributed by atoms with Crippen molar-refractivity contribution in [3.05, 3.63) is 59.7 Å². The Labute approximate surface area is 134 Å². The van der Waals surface area contributed by atoms with Crippen LogP contribution < -0.4 is 4.72 Å². The van der Waals surface area contributed by atoms with Crippen LogP contribution in [0.2, 0.25) is 0 Å². The highest BCUT2D eigenvalue weighted by atomic mass is 32.2. The van der Waals surface area contributed by atoms with E-state index >= 15 is 0 Å². The van der Waals surface area contributed by atoms with Gasteiger partial charge in [0.05, 0.1) is 5.56 Å². The molecule has 2 rings (SSSR count). The molecule has 10 heteroatoms. The number of hydrogen-bond donors (Lipinski definition) is 1. The number of nitriles is 1. The molecule has 0 radical (unpaired) electrons. The number of pyridine rings is 1. The van der Waals surface area contributed by atoms with E-state index in [1.54, 1.807) is 6.07 Å². The maximum absolute atomic E-state index is 13.2. The summed E-state index contributed by atoms with van der Waals surface area (Å²) in [5, 5.41) is 8.72. The standard InChI is InChI=1S/C14H9F4N3O2S/c15-11-3-1-2-10(5-11)13(14(16,17)18)21-24(22,23)12-4-9(6-19)7-20-8-12/h1-5,7-8,13,21H. The fourth-order valence-electron chi connectivity index (χ4n) is 1.86. The Balaban J connectivity index is 2.44. The average molecular weight is 359 g/mol. The first-order valence-electron chi connectivity index (χ1n) is 6.33. The Morgan fingerprint density at radius 1 is 1.21 bits per heavy atom. The van der Waals surface area contributed by atoms with Crippen LogP contribution in [0.15, 0.2) is 47.6 Å². The van der Waals surface area contributed by atoms with Gasteiger partial charge < -0.3 is 0 Å². The minimum absolute atomic E-state index is 0.132. The molecule has 1 heterocycles. The molecular weight excluding hydrogens is 350 g/mol. The zero-order valence-corrected chi connectivity index (χ0v) is 12.6. The molecule has 5 nitrogen and oxygen atoms in total. The van der Waals surface area contributed by atoms with Crippen LogP contribution in [0.3, 0.4) is 0 Å². The maximum Gasteiger partial charge on any atom is 0.408 e. The second kappa shape index (κ2) is 6.54. The fourth-order valence-corrected chi connectivity index (χ4v) is 3.06. The van der Waals surface area contributed by atoms with E-state index in [0.717, 1.165) is 36.7 Å². The van der Waals surface area contributed by atoms with E-state index in [-0.39, 0.29) is 5.56 Å². The number of benzene rings is 1. The van der Waals surface area contributed by atoms with Crippen molar-refractivity contribution in [3.8, 4) is 6.07 Å². The predicted molar refractivity (Wildman–Crippen MR) is 74.5 cm³/mol. The molecule has 0 spiro atoms. The van der Waals surface area contributed by atoms with Crippen LogP contribution in [0.25, 0.3) is 0 Å². The lowest BCUT2D eigenvalue weighted by Gasteiger charge is -2.22. The lowest BCUT2D eigenvalue weighted by molar-refractivity contribution is -0.153. The highest BCUT2D eigenvalue weighted by molar-refractivity contribution is 7.89. The Kier molecular flexibility index (Phi) is 4.86. The Hall–Kier alpha value is -2.51. The minimum atomic E-state index is -5.00. The van der Waals surface area contributed by atoms with Gasteiger partial charge in [-0.25, -0.2) is 12.8 Å². The van der Waals surface area contributed by atoms with E-state index in [9.17, 15) is 26.0 Å². The number of halogens is 4. The van der Waals surface area contributed by atoms with E-state index in [4.69, 9.17) is 5.26 Å². The summed E-state index contributed by atoms with van der Waals surface area (Å²) in [6.07, 6.45) is -3.13. The van der Waals surface area contributed by atoms with Crippen molar-refractivity contribution in [2.75, 3.05) is 0 Å². The Morgan fingerprint density at radius 3 is 2.50 bits per heavy atom. The maximum atomic E-state index is 13.2. The van der Waals surface area contributed by atoms with Crippen molar-refractivity contribution in [2.24, 2.45) is 0 Å². The molecule has 0 aliphatic carbocycles. The Morgan fingerprint density at radius 2 is 1.92 bits per heavy atom. The molecular formula is C14H9F4N3O2S. The molecule has 24 heavy (non-hydrogen) atoms. The van der Waals surface area contributed by atoms with Crippen molar-refractivity contribution < 1.29 is 26.0 Å². The summed E-state index contributed by atoms with van der Waals surface area (Å²) < 4.78 is 78.6. The van der Waals surface area contributed by atoms with E-state index in [1.807, 2.05) is 0 Å². The first kappa shape index (κ1) is 17.8. The summed E-state index contributed by atoms with van der Waals surface area (Å²) in [5.41, 5.74) is -0.734. The van der Waals surface area contributed by atoms with Crippen LogP contribution in [-0.4, -0.2) is 19.6 Å². The van der Waals surface area contributed by atoms with Gasteiger partial charge in [-0.05, 0) is 23.8 Å². The van der Waals surface area contributed by atoms with Crippen molar-refractivity contribution in [1.82, 2.24) is 9.71 Å². The minimum Gasteiger partial charge on any atom is -0.262 e. The summed E-state index contributed by atoms with van der Waals surface area (Å²) in [5.74, 6) is -0.936. The number of rotatable bonds is 4. The second-order valence-corrected chi connectivity index (χ2v) is 6.39. The highest BCUT2D eigenvalue weighted by Crippen LogP contribution is 2.34. The molecule has 1 aromatic carbocycles. The number of nitrogens with zero attached hydrogens (tertiary/aromatic N) is 2. The Bertz CT molecular complexity index is 891. The lowest BCUT2D eigenvalue weighted by Crippen LogP contribution is -2.38. The normalized spacial score (nSPS) is 13.3. The van der Waals surface area contributed by atoms with Gasteiger partial charge in [0, 0.05) is 12.4 Å². The molecule has 1 N–H and O–H groups in total. The summed E-state index contributed by atoms with van der Waals surface area (Å²) in [6.45, 7) is 0. The van der Waals surface area contributed by atoms with Crippen LogP contribution in [0.4, 0.5) is 17.6 Å². The zero-order valence-electron chi connectivity index (χ0n) is 11.7. The van der Waals surface area contributed by atoms with Gasteiger partial charge in [-0.15, -0.1) is 0 Å². The van der Waals surface area contributed by atoms with Gasteiger partial charge in [-0.2, -0.15) is 23.2 Å². The molecule has 126 valence electrons. The van der Waals surface area contributed by atoms with E-state index < -0.39 is 38.5 Å². The smallest absolute Gasteiger partial charge is 0.262 e. The second-order valence-electron chi connectivity index (χ2n) is 4.67. The van der Waals surface area contributed by atoms with Gasteiger partial charge in [0.1, 0.15) is 22.8 Å². The van der Waals surface area contributed by atoms with Crippen molar-refractivity contribution in [3.63, 3.8) is 0 Å². The van der Waals surface area contributed by atoms with Gasteiger partial charge in [0.25, 0.3) is 0 Å². The van der Waals surface area contributed by atoms with Gasteiger partial charge in [-0.3, -0.25) is 4.98 Å². The van der Waals surface area contributed by atoms with Crippen LogP contribution in [0, 0.1) is 17.1 Å². The first-order valence-corrected chi connectivity index (χ1v) is 7.81. The number of hydrogen-bond acceptors (Lipinski definition) is 4.